The molecule has 1 N–H and O–H groups in total. The normalized spacial score (nSPS) is 11.6. The molecule has 4 rings (SSSR count). The van der Waals surface area contributed by atoms with Gasteiger partial charge >= 0.3 is 6.18 Å². The third-order valence-corrected chi connectivity index (χ3v) is 5.83. The number of nitrogens with zero attached hydrogens (tertiary/aromatic N) is 3. The van der Waals surface area contributed by atoms with Gasteiger partial charge in [-0.1, -0.05) is 35.9 Å². The summed E-state index contributed by atoms with van der Waals surface area (Å²) >= 11 is 5.98. The Morgan fingerprint density at radius 3 is 2.31 bits per heavy atom. The first-order valence-electron chi connectivity index (χ1n) is 11.2. The Hall–Kier alpha value is -3.62. The zero-order valence-electron chi connectivity index (χ0n) is 19.7. The van der Waals surface area contributed by atoms with E-state index in [9.17, 15) is 18.0 Å². The van der Waals surface area contributed by atoms with E-state index in [1.807, 2.05) is 19.0 Å². The predicted molar refractivity (Wildman–Crippen MR) is 135 cm³/mol. The van der Waals surface area contributed by atoms with Crippen LogP contribution >= 0.6 is 11.6 Å². The van der Waals surface area contributed by atoms with Crippen molar-refractivity contribution in [3.8, 4) is 28.3 Å². The first-order valence-corrected chi connectivity index (χ1v) is 11.6. The van der Waals surface area contributed by atoms with Crippen LogP contribution in [0.5, 0.6) is 0 Å². The molecule has 0 aliphatic carbocycles. The van der Waals surface area contributed by atoms with Gasteiger partial charge in [0.1, 0.15) is 0 Å². The average molecular weight is 513 g/mol. The second-order valence-electron chi connectivity index (χ2n) is 8.45. The van der Waals surface area contributed by atoms with Gasteiger partial charge in [-0.3, -0.25) is 9.78 Å². The van der Waals surface area contributed by atoms with E-state index in [-0.39, 0.29) is 11.6 Å². The largest absolute Gasteiger partial charge is 0.418 e. The molecule has 0 unspecified atom stereocenters. The van der Waals surface area contributed by atoms with Crippen LogP contribution in [0.1, 0.15) is 15.9 Å². The molecule has 0 bridgehead atoms. The van der Waals surface area contributed by atoms with Crippen molar-refractivity contribution in [3.63, 3.8) is 0 Å². The van der Waals surface area contributed by atoms with Crippen molar-refractivity contribution in [1.82, 2.24) is 19.8 Å². The summed E-state index contributed by atoms with van der Waals surface area (Å²) in [5.74, 6) is -0.216. The van der Waals surface area contributed by atoms with Crippen LogP contribution in [0.2, 0.25) is 5.02 Å². The quantitative estimate of drug-likeness (QED) is 0.322. The van der Waals surface area contributed by atoms with Crippen molar-refractivity contribution in [3.05, 3.63) is 95.1 Å². The summed E-state index contributed by atoms with van der Waals surface area (Å²) in [6.45, 7) is 1.21. The summed E-state index contributed by atoms with van der Waals surface area (Å²) in [4.78, 5) is 18.7. The van der Waals surface area contributed by atoms with Crippen LogP contribution in [0, 0.1) is 0 Å². The van der Waals surface area contributed by atoms with E-state index >= 15 is 0 Å². The second kappa shape index (κ2) is 10.6. The molecule has 0 fully saturated rings. The van der Waals surface area contributed by atoms with Crippen molar-refractivity contribution in [1.29, 1.82) is 0 Å². The van der Waals surface area contributed by atoms with Gasteiger partial charge < -0.3 is 14.8 Å². The van der Waals surface area contributed by atoms with Crippen LogP contribution in [-0.4, -0.2) is 47.5 Å². The van der Waals surface area contributed by atoms with Gasteiger partial charge in [-0.2, -0.15) is 13.2 Å². The van der Waals surface area contributed by atoms with Crippen LogP contribution in [0.25, 0.3) is 28.3 Å². The van der Waals surface area contributed by atoms with Gasteiger partial charge in [-0.05, 0) is 68.2 Å². The minimum absolute atomic E-state index is 0.0257. The van der Waals surface area contributed by atoms with Crippen molar-refractivity contribution >= 4 is 17.5 Å². The van der Waals surface area contributed by atoms with Crippen LogP contribution in [0.15, 0.2) is 79.0 Å². The molecule has 5 nitrogen and oxygen atoms in total. The summed E-state index contributed by atoms with van der Waals surface area (Å²) < 4.78 is 43.4. The van der Waals surface area contributed by atoms with E-state index in [0.29, 0.717) is 46.3 Å². The molecule has 2 aromatic heterocycles. The molecule has 0 aliphatic heterocycles. The van der Waals surface area contributed by atoms with Gasteiger partial charge in [0.15, 0.2) is 0 Å². The van der Waals surface area contributed by atoms with Gasteiger partial charge in [0.25, 0.3) is 5.91 Å². The molecule has 2 heterocycles. The summed E-state index contributed by atoms with van der Waals surface area (Å²) in [6, 6.07) is 18.9. The lowest BCUT2D eigenvalue weighted by Crippen LogP contribution is -2.31. The maximum atomic E-state index is 14.0. The Labute approximate surface area is 212 Å². The summed E-state index contributed by atoms with van der Waals surface area (Å²) in [5, 5.41) is 3.27. The number of hydrogen-bond donors (Lipinski definition) is 1. The number of para-hydroxylation sites is 1. The number of aromatic nitrogens is 2. The third kappa shape index (κ3) is 5.61. The molecule has 4 aromatic rings. The number of alkyl halides is 3. The minimum atomic E-state index is -4.56. The highest BCUT2D eigenvalue weighted by atomic mass is 35.5. The van der Waals surface area contributed by atoms with E-state index in [0.717, 1.165) is 6.07 Å². The van der Waals surface area contributed by atoms with E-state index < -0.39 is 11.7 Å². The standard InChI is InChI=1S/C27H24ClF3N4O/c1-34(2)16-15-32-26(36)19-9-7-18(8-10-19)23-13-14-25(22-12-11-20(28)17-33-22)35(23)24-6-4-3-5-21(24)27(29,30)31/h3-14,17H,15-16H2,1-2H3,(H,32,36). The van der Waals surface area contributed by atoms with Gasteiger partial charge in [0.2, 0.25) is 0 Å². The SMILES string of the molecule is CN(C)CCNC(=O)c1ccc(-c2ccc(-c3ccc(Cl)cn3)n2-c2ccccc2C(F)(F)F)cc1. The zero-order chi connectivity index (χ0) is 25.9. The molecule has 36 heavy (non-hydrogen) atoms. The Kier molecular flexibility index (Phi) is 7.47. The molecule has 0 spiro atoms. The lowest BCUT2D eigenvalue weighted by atomic mass is 10.1. The average Bonchev–Trinajstić information content (AvgIpc) is 3.29. The second-order valence-corrected chi connectivity index (χ2v) is 8.89. The van der Waals surface area contributed by atoms with E-state index in [1.165, 1.54) is 22.9 Å². The predicted octanol–water partition coefficient (Wildman–Crippen LogP) is 6.17. The number of halogens is 4. The van der Waals surface area contributed by atoms with Gasteiger partial charge in [0.05, 0.1) is 33.4 Å². The maximum absolute atomic E-state index is 14.0. The van der Waals surface area contributed by atoms with E-state index in [4.69, 9.17) is 11.6 Å². The van der Waals surface area contributed by atoms with Gasteiger partial charge in [-0.15, -0.1) is 0 Å². The summed E-state index contributed by atoms with van der Waals surface area (Å²) in [6.07, 6.45) is -3.11. The van der Waals surface area contributed by atoms with Gasteiger partial charge in [0, 0.05) is 24.8 Å². The Bertz CT molecular complexity index is 1350. The number of benzene rings is 2. The lowest BCUT2D eigenvalue weighted by Gasteiger charge is -2.19. The van der Waals surface area contributed by atoms with E-state index in [1.54, 1.807) is 54.6 Å². The lowest BCUT2D eigenvalue weighted by molar-refractivity contribution is -0.137. The summed E-state index contributed by atoms with van der Waals surface area (Å²) in [7, 11) is 3.83. The molecule has 9 heteroatoms. The van der Waals surface area contributed by atoms with Crippen molar-refractivity contribution < 1.29 is 18.0 Å². The fourth-order valence-corrected chi connectivity index (χ4v) is 3.96. The Morgan fingerprint density at radius 2 is 1.67 bits per heavy atom. The monoisotopic (exact) mass is 512 g/mol. The number of likely N-dealkylation sites (N-methyl/N-ethyl adjacent to an activating group) is 1. The maximum Gasteiger partial charge on any atom is 0.418 e. The molecule has 186 valence electrons. The minimum Gasteiger partial charge on any atom is -0.351 e. The van der Waals surface area contributed by atoms with Crippen LogP contribution in [0.3, 0.4) is 0 Å². The molecule has 0 saturated carbocycles. The highest BCUT2D eigenvalue weighted by Gasteiger charge is 2.34. The Morgan fingerprint density at radius 1 is 0.972 bits per heavy atom. The van der Waals surface area contributed by atoms with Crippen LogP contribution in [0.4, 0.5) is 13.2 Å². The number of pyridine rings is 1. The number of carbonyl (C=O) groups is 1. The molecular formula is C27H24ClF3N4O. The molecule has 0 atom stereocenters. The number of hydrogen-bond acceptors (Lipinski definition) is 3. The third-order valence-electron chi connectivity index (χ3n) is 5.61. The first-order chi connectivity index (χ1) is 17.1. The molecule has 1 amide bonds. The Balaban J connectivity index is 1.79. The highest BCUT2D eigenvalue weighted by Crippen LogP contribution is 2.39. The van der Waals surface area contributed by atoms with Gasteiger partial charge in [-0.25, -0.2) is 0 Å². The van der Waals surface area contributed by atoms with Crippen molar-refractivity contribution in [2.24, 2.45) is 0 Å². The number of rotatable bonds is 7. The number of nitrogens with one attached hydrogen (secondary N) is 1. The van der Waals surface area contributed by atoms with Crippen LogP contribution < -0.4 is 5.32 Å². The fourth-order valence-electron chi connectivity index (χ4n) is 3.84. The molecule has 0 radical (unpaired) electrons. The zero-order valence-corrected chi connectivity index (χ0v) is 20.4. The molecule has 2 aromatic carbocycles. The van der Waals surface area contributed by atoms with Crippen molar-refractivity contribution in [2.75, 3.05) is 27.2 Å². The number of amides is 1. The smallest absolute Gasteiger partial charge is 0.351 e. The molecule has 0 saturated heterocycles. The van der Waals surface area contributed by atoms with Crippen LogP contribution in [-0.2, 0) is 6.18 Å². The number of carbonyl (C=O) groups excluding carboxylic acids is 1. The molecule has 0 aliphatic rings. The van der Waals surface area contributed by atoms with Crippen molar-refractivity contribution in [2.45, 2.75) is 6.18 Å². The fraction of sp³-hybridized carbons (Fsp3) is 0.185. The summed E-state index contributed by atoms with van der Waals surface area (Å²) in [5.41, 5.74) is 1.79. The first kappa shape index (κ1) is 25.5. The topological polar surface area (TPSA) is 50.2 Å². The van der Waals surface area contributed by atoms with E-state index in [2.05, 4.69) is 10.3 Å². The molecular weight excluding hydrogens is 489 g/mol. The highest BCUT2D eigenvalue weighted by molar-refractivity contribution is 6.30.